The number of aliphatic imine (C=N–C) groups is 1. The molecule has 2 fully saturated rings. The molecule has 32 heavy (non-hydrogen) atoms. The number of halogens is 4. The van der Waals surface area contributed by atoms with Crippen molar-refractivity contribution in [2.75, 3.05) is 44.7 Å². The topological polar surface area (TPSA) is 60.0 Å². The Labute approximate surface area is 205 Å². The minimum absolute atomic E-state index is 0. The summed E-state index contributed by atoms with van der Waals surface area (Å²) in [4.78, 5) is 19.4. The van der Waals surface area contributed by atoms with Gasteiger partial charge in [0.15, 0.2) is 5.96 Å². The number of anilines is 1. The van der Waals surface area contributed by atoms with Crippen LogP contribution in [0.15, 0.2) is 29.3 Å². The van der Waals surface area contributed by atoms with Crippen LogP contribution < -0.4 is 15.5 Å². The van der Waals surface area contributed by atoms with Gasteiger partial charge in [-0.1, -0.05) is 12.1 Å². The highest BCUT2D eigenvalue weighted by atomic mass is 127. The Balaban J connectivity index is 0.00000363. The summed E-state index contributed by atoms with van der Waals surface area (Å²) in [6.45, 7) is 2.36. The third-order valence-corrected chi connectivity index (χ3v) is 5.96. The largest absolute Gasteiger partial charge is 0.401 e. The van der Waals surface area contributed by atoms with E-state index >= 15 is 0 Å². The van der Waals surface area contributed by atoms with Crippen LogP contribution >= 0.6 is 24.0 Å². The maximum Gasteiger partial charge on any atom is 0.401 e. The summed E-state index contributed by atoms with van der Waals surface area (Å²) in [5, 5.41) is 6.57. The van der Waals surface area contributed by atoms with Crippen molar-refractivity contribution in [3.05, 3.63) is 29.8 Å². The van der Waals surface area contributed by atoms with Crippen LogP contribution in [0.2, 0.25) is 0 Å². The molecule has 10 heteroatoms. The molecule has 0 aliphatic carbocycles. The summed E-state index contributed by atoms with van der Waals surface area (Å²) in [6, 6.07) is 7.97. The lowest BCUT2D eigenvalue weighted by Crippen LogP contribution is -2.41. The van der Waals surface area contributed by atoms with Crippen molar-refractivity contribution in [1.82, 2.24) is 15.5 Å². The summed E-state index contributed by atoms with van der Waals surface area (Å²) >= 11 is 0. The van der Waals surface area contributed by atoms with E-state index in [-0.39, 0.29) is 29.9 Å². The van der Waals surface area contributed by atoms with E-state index in [4.69, 9.17) is 0 Å². The van der Waals surface area contributed by atoms with Crippen molar-refractivity contribution >= 4 is 41.5 Å². The monoisotopic (exact) mass is 567 g/mol. The molecule has 0 bridgehead atoms. The van der Waals surface area contributed by atoms with Crippen LogP contribution in [0.25, 0.3) is 0 Å². The van der Waals surface area contributed by atoms with E-state index in [1.807, 2.05) is 29.2 Å². The van der Waals surface area contributed by atoms with Crippen LogP contribution in [0.5, 0.6) is 0 Å². The van der Waals surface area contributed by atoms with Gasteiger partial charge >= 0.3 is 6.18 Å². The highest BCUT2D eigenvalue weighted by Gasteiger charge is 2.32. The molecule has 2 aliphatic heterocycles. The van der Waals surface area contributed by atoms with Crippen molar-refractivity contribution in [2.45, 2.75) is 44.8 Å². The summed E-state index contributed by atoms with van der Waals surface area (Å²) in [7, 11) is 1.72. The lowest BCUT2D eigenvalue weighted by molar-refractivity contribution is -0.148. The Bertz CT molecular complexity index is 749. The molecule has 0 unspecified atom stereocenters. The Kier molecular flexibility index (Phi) is 10.5. The number of hydrogen-bond donors (Lipinski definition) is 2. The first-order chi connectivity index (χ1) is 14.8. The molecule has 2 N–H and O–H groups in total. The molecule has 1 aromatic rings. The van der Waals surface area contributed by atoms with Crippen LogP contribution in [0.1, 0.15) is 37.7 Å². The fraction of sp³-hybridized carbons (Fsp3) is 0.636. The molecule has 3 rings (SSSR count). The van der Waals surface area contributed by atoms with E-state index < -0.39 is 12.7 Å². The van der Waals surface area contributed by atoms with E-state index in [0.717, 1.165) is 50.0 Å². The number of amides is 1. The molecule has 2 aliphatic rings. The molecule has 180 valence electrons. The second-order valence-electron chi connectivity index (χ2n) is 8.29. The van der Waals surface area contributed by atoms with Crippen molar-refractivity contribution in [2.24, 2.45) is 10.9 Å². The molecule has 0 spiro atoms. The minimum atomic E-state index is -4.11. The second-order valence-corrected chi connectivity index (χ2v) is 8.29. The number of alkyl halides is 3. The fourth-order valence-corrected chi connectivity index (χ4v) is 4.20. The number of nitrogens with zero attached hydrogens (tertiary/aromatic N) is 3. The zero-order chi connectivity index (χ0) is 22.3. The third-order valence-electron chi connectivity index (χ3n) is 5.96. The molecule has 2 heterocycles. The molecule has 6 nitrogen and oxygen atoms in total. The molecule has 1 aromatic carbocycles. The Hall–Kier alpha value is -1.56. The molecule has 0 aromatic heterocycles. The zero-order valence-electron chi connectivity index (χ0n) is 18.5. The minimum Gasteiger partial charge on any atom is -0.356 e. The zero-order valence-corrected chi connectivity index (χ0v) is 20.8. The van der Waals surface area contributed by atoms with Gasteiger partial charge in [0.05, 0.1) is 6.54 Å². The summed E-state index contributed by atoms with van der Waals surface area (Å²) < 4.78 is 37.4. The number of guanidine groups is 1. The van der Waals surface area contributed by atoms with Gasteiger partial charge < -0.3 is 15.5 Å². The number of nitrogens with one attached hydrogen (secondary N) is 2. The van der Waals surface area contributed by atoms with Crippen LogP contribution in [0.3, 0.4) is 0 Å². The van der Waals surface area contributed by atoms with Crippen molar-refractivity contribution in [3.8, 4) is 0 Å². The normalized spacial score (nSPS) is 18.6. The average Bonchev–Trinajstić information content (AvgIpc) is 3.17. The number of carbonyl (C=O) groups excluding carboxylic acids is 1. The van der Waals surface area contributed by atoms with E-state index in [9.17, 15) is 18.0 Å². The first kappa shape index (κ1) is 26.7. The number of likely N-dealkylation sites (tertiary alicyclic amines) is 1. The number of rotatable bonds is 7. The van der Waals surface area contributed by atoms with Gasteiger partial charge in [0.2, 0.25) is 5.91 Å². The summed E-state index contributed by atoms with van der Waals surface area (Å²) in [5.41, 5.74) is 2.03. The van der Waals surface area contributed by atoms with Crippen molar-refractivity contribution in [3.63, 3.8) is 0 Å². The first-order valence-corrected chi connectivity index (χ1v) is 11.0. The highest BCUT2D eigenvalue weighted by molar-refractivity contribution is 14.0. The second kappa shape index (κ2) is 12.6. The predicted octanol–water partition coefficient (Wildman–Crippen LogP) is 3.76. The number of benzene rings is 1. The van der Waals surface area contributed by atoms with Gasteiger partial charge in [-0.15, -0.1) is 24.0 Å². The summed E-state index contributed by atoms with van der Waals surface area (Å²) in [5.74, 6) is 1.32. The van der Waals surface area contributed by atoms with Crippen LogP contribution in [-0.2, 0) is 11.3 Å². The molecule has 2 saturated heterocycles. The Morgan fingerprint density at radius 1 is 1.12 bits per heavy atom. The SMILES string of the molecule is CN=C(NCCC1CCN(CC(F)(F)F)CC1)NCc1ccc(N2CCCC2=O)cc1.I. The van der Waals surface area contributed by atoms with Gasteiger partial charge in [0.25, 0.3) is 0 Å². The number of carbonyl (C=O) groups is 1. The smallest absolute Gasteiger partial charge is 0.356 e. The molecular weight excluding hydrogens is 534 g/mol. The number of piperidine rings is 1. The van der Waals surface area contributed by atoms with Gasteiger partial charge in [-0.05, 0) is 62.4 Å². The third kappa shape index (κ3) is 8.42. The lowest BCUT2D eigenvalue weighted by atomic mass is 9.93. The summed E-state index contributed by atoms with van der Waals surface area (Å²) in [6.07, 6.45) is -0.0578. The fourth-order valence-electron chi connectivity index (χ4n) is 4.20. The van der Waals surface area contributed by atoms with Crippen LogP contribution in [0, 0.1) is 5.92 Å². The first-order valence-electron chi connectivity index (χ1n) is 11.0. The van der Waals surface area contributed by atoms with Gasteiger partial charge in [-0.25, -0.2) is 0 Å². The van der Waals surface area contributed by atoms with Gasteiger partial charge in [0, 0.05) is 38.8 Å². The van der Waals surface area contributed by atoms with E-state index in [1.165, 1.54) is 4.90 Å². The predicted molar refractivity (Wildman–Crippen MR) is 131 cm³/mol. The standard InChI is InChI=1S/C22H32F3N5O.HI/c1-26-21(27-11-8-17-9-13-29(14-10-17)16-22(23,24)25)28-15-18-4-6-19(7-5-18)30-12-2-3-20(30)31;/h4-7,17H,2-3,8-16H2,1H3,(H2,26,27,28);1H. The molecule has 0 atom stereocenters. The molecule has 1 amide bonds. The lowest BCUT2D eigenvalue weighted by Gasteiger charge is -2.32. The highest BCUT2D eigenvalue weighted by Crippen LogP contribution is 2.24. The van der Waals surface area contributed by atoms with Crippen molar-refractivity contribution in [1.29, 1.82) is 0 Å². The van der Waals surface area contributed by atoms with Crippen molar-refractivity contribution < 1.29 is 18.0 Å². The van der Waals surface area contributed by atoms with E-state index in [2.05, 4.69) is 15.6 Å². The van der Waals surface area contributed by atoms with Gasteiger partial charge in [-0.3, -0.25) is 14.7 Å². The number of hydrogen-bond acceptors (Lipinski definition) is 3. The van der Waals surface area contributed by atoms with Crippen LogP contribution in [0.4, 0.5) is 18.9 Å². The Morgan fingerprint density at radius 3 is 2.38 bits per heavy atom. The van der Waals surface area contributed by atoms with Crippen LogP contribution in [-0.4, -0.2) is 62.7 Å². The maximum absolute atomic E-state index is 12.5. The average molecular weight is 567 g/mol. The Morgan fingerprint density at radius 2 is 1.81 bits per heavy atom. The van der Waals surface area contributed by atoms with E-state index in [0.29, 0.717) is 37.9 Å². The quantitative estimate of drug-likeness (QED) is 0.300. The van der Waals surface area contributed by atoms with Gasteiger partial charge in [-0.2, -0.15) is 13.2 Å². The maximum atomic E-state index is 12.5. The van der Waals surface area contributed by atoms with E-state index in [1.54, 1.807) is 7.05 Å². The molecule has 0 saturated carbocycles. The molecular formula is C22H33F3IN5O. The molecule has 0 radical (unpaired) electrons. The van der Waals surface area contributed by atoms with Gasteiger partial charge in [0.1, 0.15) is 0 Å².